The van der Waals surface area contributed by atoms with Gasteiger partial charge in [0, 0.05) is 21.6 Å². The monoisotopic (exact) mass is 325 g/mol. The zero-order valence-corrected chi connectivity index (χ0v) is 11.8. The van der Waals surface area contributed by atoms with E-state index in [4.69, 9.17) is 0 Å². The van der Waals surface area contributed by atoms with Gasteiger partial charge in [-0.05, 0) is 33.4 Å². The van der Waals surface area contributed by atoms with Crippen molar-refractivity contribution in [2.75, 3.05) is 20.6 Å². The molecule has 3 atom stereocenters. The van der Waals surface area contributed by atoms with Gasteiger partial charge < -0.3 is 9.69 Å². The number of alkyl halides is 2. The molecule has 0 aromatic carbocycles. The number of hydrogen-bond donors (Lipinski definition) is 0. The van der Waals surface area contributed by atoms with Crippen LogP contribution in [0, 0.1) is 5.41 Å². The van der Waals surface area contributed by atoms with E-state index in [9.17, 15) is 4.79 Å². The van der Waals surface area contributed by atoms with Crippen LogP contribution >= 0.6 is 31.9 Å². The Hall–Kier alpha value is 0.590. The van der Waals surface area contributed by atoms with Gasteiger partial charge >= 0.3 is 0 Å². The van der Waals surface area contributed by atoms with E-state index in [0.717, 1.165) is 32.1 Å². The Morgan fingerprint density at radius 2 is 2.07 bits per heavy atom. The fourth-order valence-corrected chi connectivity index (χ4v) is 3.47. The van der Waals surface area contributed by atoms with Gasteiger partial charge in [-0.3, -0.25) is 0 Å². The number of rotatable bonds is 3. The van der Waals surface area contributed by atoms with Crippen LogP contribution < -0.4 is 0 Å². The lowest BCUT2D eigenvalue weighted by Gasteiger charge is -2.39. The predicted molar refractivity (Wildman–Crippen MR) is 66.3 cm³/mol. The summed E-state index contributed by atoms with van der Waals surface area (Å²) in [6, 6.07) is 0. The van der Waals surface area contributed by atoms with Gasteiger partial charge in [0.2, 0.25) is 0 Å². The summed E-state index contributed by atoms with van der Waals surface area (Å²) in [4.78, 5) is 14.2. The van der Waals surface area contributed by atoms with E-state index in [1.165, 1.54) is 0 Å². The molecule has 0 bridgehead atoms. The molecule has 0 N–H and O–H groups in total. The van der Waals surface area contributed by atoms with Gasteiger partial charge in [-0.25, -0.2) is 0 Å². The number of carbonyl (C=O) groups is 1. The van der Waals surface area contributed by atoms with Crippen molar-refractivity contribution in [1.29, 1.82) is 0 Å². The summed E-state index contributed by atoms with van der Waals surface area (Å²) in [5.41, 5.74) is -0.137. The highest BCUT2D eigenvalue weighted by Crippen LogP contribution is 2.40. The lowest BCUT2D eigenvalue weighted by Crippen LogP contribution is -2.42. The second-order valence-electron chi connectivity index (χ2n) is 4.49. The topological polar surface area (TPSA) is 20.3 Å². The summed E-state index contributed by atoms with van der Waals surface area (Å²) < 4.78 is 0. The summed E-state index contributed by atoms with van der Waals surface area (Å²) in [6.07, 6.45) is 4.15. The van der Waals surface area contributed by atoms with Crippen LogP contribution in [0.1, 0.15) is 19.3 Å². The van der Waals surface area contributed by atoms with Crippen LogP contribution in [0.2, 0.25) is 0 Å². The van der Waals surface area contributed by atoms with Crippen LogP contribution in [0.5, 0.6) is 0 Å². The molecule has 14 heavy (non-hydrogen) atoms. The van der Waals surface area contributed by atoms with Gasteiger partial charge in [0.1, 0.15) is 6.29 Å². The third-order valence-electron chi connectivity index (χ3n) is 2.79. The molecule has 82 valence electrons. The molecule has 0 unspecified atom stereocenters. The van der Waals surface area contributed by atoms with Crippen LogP contribution in [0.15, 0.2) is 0 Å². The average Bonchev–Trinajstić information content (AvgIpc) is 2.11. The lowest BCUT2D eigenvalue weighted by molar-refractivity contribution is -0.118. The molecule has 4 heteroatoms. The van der Waals surface area contributed by atoms with Crippen molar-refractivity contribution in [2.24, 2.45) is 5.41 Å². The number of nitrogens with zero attached hydrogens (tertiary/aromatic N) is 1. The number of aldehydes is 1. The molecule has 1 rings (SSSR count). The van der Waals surface area contributed by atoms with Gasteiger partial charge in [-0.15, -0.1) is 0 Å². The van der Waals surface area contributed by atoms with E-state index in [1.807, 2.05) is 14.1 Å². The predicted octanol–water partition coefficient (Wildman–Crippen LogP) is 2.44. The zero-order valence-electron chi connectivity index (χ0n) is 8.67. The Kier molecular flexibility index (Phi) is 4.59. The molecule has 2 nitrogen and oxygen atoms in total. The van der Waals surface area contributed by atoms with E-state index in [2.05, 4.69) is 36.8 Å². The maximum atomic E-state index is 11.2. The van der Waals surface area contributed by atoms with Gasteiger partial charge in [0.05, 0.1) is 0 Å². The first-order valence-corrected chi connectivity index (χ1v) is 6.71. The summed E-state index contributed by atoms with van der Waals surface area (Å²) in [7, 11) is 4.05. The van der Waals surface area contributed by atoms with Crippen molar-refractivity contribution in [3.05, 3.63) is 0 Å². The number of halogens is 2. The third-order valence-corrected chi connectivity index (χ3v) is 5.56. The summed E-state index contributed by atoms with van der Waals surface area (Å²) >= 11 is 7.26. The highest BCUT2D eigenvalue weighted by atomic mass is 79.9. The van der Waals surface area contributed by atoms with E-state index in [0.29, 0.717) is 9.65 Å². The maximum absolute atomic E-state index is 11.2. The molecular weight excluding hydrogens is 310 g/mol. The molecule has 0 spiro atoms. The summed E-state index contributed by atoms with van der Waals surface area (Å²) in [5.74, 6) is 0. The van der Waals surface area contributed by atoms with Crippen molar-refractivity contribution in [3.8, 4) is 0 Å². The zero-order chi connectivity index (χ0) is 10.8. The molecular formula is C10H17Br2NO. The molecule has 1 saturated carbocycles. The minimum absolute atomic E-state index is 0.137. The fourth-order valence-electron chi connectivity index (χ4n) is 2.14. The van der Waals surface area contributed by atoms with E-state index in [1.54, 1.807) is 0 Å². The van der Waals surface area contributed by atoms with E-state index >= 15 is 0 Å². The minimum atomic E-state index is -0.137. The molecule has 0 saturated heterocycles. The molecule has 1 fully saturated rings. The van der Waals surface area contributed by atoms with Gasteiger partial charge in [-0.1, -0.05) is 31.9 Å². The standard InChI is InChI=1S/C10H17Br2NO/c1-13(2)6-10(7-14)4-3-8(11)9(12)5-10/h7-9H,3-6H2,1-2H3/t8-,9-,10-/m1/s1. The Labute approximate surface area is 103 Å². The largest absolute Gasteiger partial charge is 0.308 e. The first kappa shape index (κ1) is 12.7. The van der Waals surface area contributed by atoms with Crippen molar-refractivity contribution >= 4 is 38.1 Å². The normalized spacial score (nSPS) is 38.6. The van der Waals surface area contributed by atoms with Crippen molar-refractivity contribution in [3.63, 3.8) is 0 Å². The number of carbonyl (C=O) groups excluding carboxylic acids is 1. The molecule has 0 heterocycles. The minimum Gasteiger partial charge on any atom is -0.308 e. The Morgan fingerprint density at radius 3 is 2.50 bits per heavy atom. The molecule has 0 radical (unpaired) electrons. The molecule has 1 aliphatic carbocycles. The smallest absolute Gasteiger partial charge is 0.127 e. The fraction of sp³-hybridized carbons (Fsp3) is 0.900. The number of hydrogen-bond acceptors (Lipinski definition) is 2. The Bertz CT molecular complexity index is 210. The molecule has 1 aliphatic rings. The molecule has 0 aromatic heterocycles. The second kappa shape index (κ2) is 5.08. The van der Waals surface area contributed by atoms with Crippen LogP contribution in [0.3, 0.4) is 0 Å². The quantitative estimate of drug-likeness (QED) is 0.586. The highest BCUT2D eigenvalue weighted by Gasteiger charge is 2.39. The van der Waals surface area contributed by atoms with Crippen molar-refractivity contribution in [1.82, 2.24) is 4.90 Å². The van der Waals surface area contributed by atoms with Crippen molar-refractivity contribution < 1.29 is 4.79 Å². The third kappa shape index (κ3) is 3.04. The molecule has 0 aliphatic heterocycles. The first-order chi connectivity index (χ1) is 6.49. The Balaban J connectivity index is 2.66. The summed E-state index contributed by atoms with van der Waals surface area (Å²) in [5, 5.41) is 0. The first-order valence-electron chi connectivity index (χ1n) is 4.88. The maximum Gasteiger partial charge on any atom is 0.127 e. The SMILES string of the molecule is CN(C)C[C@@]1(C=O)CC[C@@H](Br)[C@H](Br)C1. The van der Waals surface area contributed by atoms with Gasteiger partial charge in [0.25, 0.3) is 0 Å². The van der Waals surface area contributed by atoms with Crippen LogP contribution in [0.25, 0.3) is 0 Å². The Morgan fingerprint density at radius 1 is 1.43 bits per heavy atom. The van der Waals surface area contributed by atoms with Gasteiger partial charge in [0.15, 0.2) is 0 Å². The average molecular weight is 327 g/mol. The van der Waals surface area contributed by atoms with E-state index < -0.39 is 0 Å². The van der Waals surface area contributed by atoms with Crippen LogP contribution in [-0.4, -0.2) is 41.5 Å². The second-order valence-corrected chi connectivity index (χ2v) is 6.85. The van der Waals surface area contributed by atoms with Gasteiger partial charge in [-0.2, -0.15) is 0 Å². The van der Waals surface area contributed by atoms with E-state index in [-0.39, 0.29) is 5.41 Å². The summed E-state index contributed by atoms with van der Waals surface area (Å²) in [6.45, 7) is 0.859. The molecule has 0 aromatic rings. The van der Waals surface area contributed by atoms with Crippen molar-refractivity contribution in [2.45, 2.75) is 28.9 Å². The van der Waals surface area contributed by atoms with Crippen LogP contribution in [-0.2, 0) is 4.79 Å². The van der Waals surface area contributed by atoms with Crippen LogP contribution in [0.4, 0.5) is 0 Å². The molecule has 0 amide bonds. The lowest BCUT2D eigenvalue weighted by atomic mass is 9.75. The highest BCUT2D eigenvalue weighted by molar-refractivity contribution is 9.12.